The first-order valence-corrected chi connectivity index (χ1v) is 7.24. The maximum atomic E-state index is 11.5. The fourth-order valence-electron chi connectivity index (χ4n) is 1.30. The van der Waals surface area contributed by atoms with Gasteiger partial charge in [0, 0.05) is 18.5 Å². The van der Waals surface area contributed by atoms with Crippen molar-refractivity contribution in [3.05, 3.63) is 36.9 Å². The maximum absolute atomic E-state index is 11.5. The van der Waals surface area contributed by atoms with Gasteiger partial charge in [-0.15, -0.1) is 6.58 Å². The second-order valence-corrected chi connectivity index (χ2v) is 5.78. The molecule has 0 atom stereocenters. The first-order valence-electron chi connectivity index (χ1n) is 5.35. The van der Waals surface area contributed by atoms with E-state index in [9.17, 15) is 13.2 Å². The van der Waals surface area contributed by atoms with Crippen molar-refractivity contribution in [1.29, 1.82) is 0 Å². The molecule has 1 rings (SSSR count). The number of anilines is 1. The van der Waals surface area contributed by atoms with Crippen molar-refractivity contribution in [2.45, 2.75) is 4.90 Å². The lowest BCUT2D eigenvalue weighted by atomic mass is 10.3. The van der Waals surface area contributed by atoms with Crippen LogP contribution in [0.3, 0.4) is 0 Å². The molecule has 0 saturated carbocycles. The summed E-state index contributed by atoms with van der Waals surface area (Å²) in [5.41, 5.74) is 0.461. The molecule has 0 aliphatic heterocycles. The topological polar surface area (TPSA) is 75.3 Å². The Balaban J connectivity index is 2.68. The van der Waals surface area contributed by atoms with Crippen LogP contribution in [0.2, 0.25) is 0 Å². The summed E-state index contributed by atoms with van der Waals surface area (Å²) >= 11 is 0. The summed E-state index contributed by atoms with van der Waals surface area (Å²) in [4.78, 5) is 11.7. The SMILES string of the molecule is C=CCNCC(=O)Nc1cccc(S(C)(=O)=O)c1. The Morgan fingerprint density at radius 3 is 2.78 bits per heavy atom. The van der Waals surface area contributed by atoms with E-state index in [2.05, 4.69) is 17.2 Å². The number of rotatable bonds is 6. The molecule has 0 heterocycles. The van der Waals surface area contributed by atoms with E-state index in [1.165, 1.54) is 12.1 Å². The van der Waals surface area contributed by atoms with Crippen LogP contribution in [-0.2, 0) is 14.6 Å². The number of hydrogen-bond donors (Lipinski definition) is 2. The highest BCUT2D eigenvalue weighted by atomic mass is 32.2. The molecule has 0 spiro atoms. The van der Waals surface area contributed by atoms with Crippen LogP contribution >= 0.6 is 0 Å². The van der Waals surface area contributed by atoms with Crippen molar-refractivity contribution in [1.82, 2.24) is 5.32 Å². The first kappa shape index (κ1) is 14.4. The molecule has 98 valence electrons. The Kier molecular flexibility index (Phi) is 5.06. The number of nitrogens with one attached hydrogen (secondary N) is 2. The van der Waals surface area contributed by atoms with Crippen LogP contribution in [0.4, 0.5) is 5.69 Å². The molecule has 1 aromatic rings. The minimum Gasteiger partial charge on any atom is -0.325 e. The normalized spacial score (nSPS) is 10.9. The molecular formula is C12H16N2O3S. The van der Waals surface area contributed by atoms with Gasteiger partial charge in [0.05, 0.1) is 11.4 Å². The van der Waals surface area contributed by atoms with E-state index in [0.29, 0.717) is 12.2 Å². The molecule has 0 radical (unpaired) electrons. The van der Waals surface area contributed by atoms with Gasteiger partial charge in [-0.2, -0.15) is 0 Å². The van der Waals surface area contributed by atoms with Crippen molar-refractivity contribution in [2.24, 2.45) is 0 Å². The van der Waals surface area contributed by atoms with Crippen molar-refractivity contribution >= 4 is 21.4 Å². The zero-order valence-electron chi connectivity index (χ0n) is 10.1. The van der Waals surface area contributed by atoms with Gasteiger partial charge in [0.1, 0.15) is 0 Å². The third-order valence-corrected chi connectivity index (χ3v) is 3.23. The van der Waals surface area contributed by atoms with Crippen molar-refractivity contribution in [3.8, 4) is 0 Å². The number of sulfone groups is 1. The van der Waals surface area contributed by atoms with Gasteiger partial charge < -0.3 is 10.6 Å². The van der Waals surface area contributed by atoms with Gasteiger partial charge in [0.2, 0.25) is 5.91 Å². The molecule has 0 bridgehead atoms. The van der Waals surface area contributed by atoms with Crippen LogP contribution in [0, 0.1) is 0 Å². The number of hydrogen-bond acceptors (Lipinski definition) is 4. The van der Waals surface area contributed by atoms with E-state index < -0.39 is 9.84 Å². The third-order valence-electron chi connectivity index (χ3n) is 2.12. The van der Waals surface area contributed by atoms with Gasteiger partial charge in [-0.05, 0) is 18.2 Å². The summed E-state index contributed by atoms with van der Waals surface area (Å²) < 4.78 is 22.7. The second kappa shape index (κ2) is 6.32. The number of amides is 1. The Hall–Kier alpha value is -1.66. The summed E-state index contributed by atoms with van der Waals surface area (Å²) in [7, 11) is -3.26. The van der Waals surface area contributed by atoms with Crippen LogP contribution in [0.25, 0.3) is 0 Å². The molecule has 0 aromatic heterocycles. The Labute approximate surface area is 107 Å². The van der Waals surface area contributed by atoms with Gasteiger partial charge >= 0.3 is 0 Å². The highest BCUT2D eigenvalue weighted by Gasteiger charge is 2.08. The highest BCUT2D eigenvalue weighted by molar-refractivity contribution is 7.90. The molecular weight excluding hydrogens is 252 g/mol. The zero-order chi connectivity index (χ0) is 13.6. The third kappa shape index (κ3) is 4.68. The Morgan fingerprint density at radius 1 is 1.44 bits per heavy atom. The van der Waals surface area contributed by atoms with Gasteiger partial charge in [0.25, 0.3) is 0 Å². The first-order chi connectivity index (χ1) is 8.43. The largest absolute Gasteiger partial charge is 0.325 e. The zero-order valence-corrected chi connectivity index (χ0v) is 11.0. The molecule has 0 aliphatic carbocycles. The van der Waals surface area contributed by atoms with Gasteiger partial charge in [-0.1, -0.05) is 12.1 Å². The molecule has 1 aromatic carbocycles. The minimum absolute atomic E-state index is 0.148. The smallest absolute Gasteiger partial charge is 0.238 e. The summed E-state index contributed by atoms with van der Waals surface area (Å²) in [6, 6.07) is 6.14. The summed E-state index contributed by atoms with van der Waals surface area (Å²) in [6.45, 7) is 4.21. The molecule has 1 amide bonds. The monoisotopic (exact) mass is 268 g/mol. The van der Waals surface area contributed by atoms with E-state index in [0.717, 1.165) is 6.26 Å². The van der Waals surface area contributed by atoms with Crippen LogP contribution in [0.5, 0.6) is 0 Å². The van der Waals surface area contributed by atoms with E-state index in [-0.39, 0.29) is 17.3 Å². The lowest BCUT2D eigenvalue weighted by Crippen LogP contribution is -2.28. The van der Waals surface area contributed by atoms with Gasteiger partial charge in [0.15, 0.2) is 9.84 Å². The summed E-state index contributed by atoms with van der Waals surface area (Å²) in [5.74, 6) is -0.234. The standard InChI is InChI=1S/C12H16N2O3S/c1-3-7-13-9-12(15)14-10-5-4-6-11(8-10)18(2,16)17/h3-6,8,13H,1,7,9H2,2H3,(H,14,15). The van der Waals surface area contributed by atoms with Crippen molar-refractivity contribution < 1.29 is 13.2 Å². The number of carbonyl (C=O) groups excluding carboxylic acids is 1. The molecule has 2 N–H and O–H groups in total. The average Bonchev–Trinajstić information content (AvgIpc) is 2.28. The molecule has 0 unspecified atom stereocenters. The van der Waals surface area contributed by atoms with Crippen molar-refractivity contribution in [2.75, 3.05) is 24.7 Å². The molecule has 5 nitrogen and oxygen atoms in total. The molecule has 18 heavy (non-hydrogen) atoms. The van der Waals surface area contributed by atoms with E-state index in [1.807, 2.05) is 0 Å². The van der Waals surface area contributed by atoms with E-state index >= 15 is 0 Å². The molecule has 0 saturated heterocycles. The van der Waals surface area contributed by atoms with Gasteiger partial charge in [-0.3, -0.25) is 4.79 Å². The lowest BCUT2D eigenvalue weighted by Gasteiger charge is -2.07. The summed E-state index contributed by atoms with van der Waals surface area (Å²) in [5, 5.41) is 5.46. The Morgan fingerprint density at radius 2 is 2.17 bits per heavy atom. The van der Waals surface area contributed by atoms with Crippen LogP contribution in [0.1, 0.15) is 0 Å². The maximum Gasteiger partial charge on any atom is 0.238 e. The highest BCUT2D eigenvalue weighted by Crippen LogP contribution is 2.14. The minimum atomic E-state index is -3.26. The second-order valence-electron chi connectivity index (χ2n) is 3.77. The van der Waals surface area contributed by atoms with Crippen LogP contribution in [-0.4, -0.2) is 33.7 Å². The average molecular weight is 268 g/mol. The predicted octanol–water partition coefficient (Wildman–Crippen LogP) is 0.804. The Bertz CT molecular complexity index is 538. The van der Waals surface area contributed by atoms with Crippen molar-refractivity contribution in [3.63, 3.8) is 0 Å². The number of carbonyl (C=O) groups is 1. The molecule has 6 heteroatoms. The van der Waals surface area contributed by atoms with Crippen LogP contribution in [0.15, 0.2) is 41.8 Å². The molecule has 0 aliphatic rings. The summed E-state index contributed by atoms with van der Waals surface area (Å²) in [6.07, 6.45) is 2.77. The van der Waals surface area contributed by atoms with E-state index in [1.54, 1.807) is 18.2 Å². The predicted molar refractivity (Wildman–Crippen MR) is 71.2 cm³/mol. The van der Waals surface area contributed by atoms with Crippen LogP contribution < -0.4 is 10.6 Å². The van der Waals surface area contributed by atoms with Gasteiger partial charge in [-0.25, -0.2) is 8.42 Å². The van der Waals surface area contributed by atoms with E-state index in [4.69, 9.17) is 0 Å². The molecule has 0 fully saturated rings. The lowest BCUT2D eigenvalue weighted by molar-refractivity contribution is -0.115. The fraction of sp³-hybridized carbons (Fsp3) is 0.250. The quantitative estimate of drug-likeness (QED) is 0.591. The fourth-order valence-corrected chi connectivity index (χ4v) is 1.96. The number of benzene rings is 1.